The first-order chi connectivity index (χ1) is 24.5. The van der Waals surface area contributed by atoms with E-state index in [1.54, 1.807) is 0 Å². The maximum atomic E-state index is 13.9. The SMILES string of the molecule is OC(F)(F)C(F)(F)C(F)(F)C(F)(F)C(F)(F)C(F)(F)C(F)(F)C(F)(F)C(F)(F)C(F)(F)C(F)(F)C(F)(F)C(F)(F)C(F)(F)C(F)(F)C(F)(F)C(F)(F)C(F)(F)C(F)(F)F. The second-order valence-electron chi connectivity index (χ2n) is 10.8. The van der Waals surface area contributed by atoms with Gasteiger partial charge < -0.3 is 5.11 Å². The third-order valence-corrected chi connectivity index (χ3v) is 7.04. The molecule has 0 atom stereocenters. The third-order valence-electron chi connectivity index (χ3n) is 7.04. The zero-order valence-electron chi connectivity index (χ0n) is 24.7. The van der Waals surface area contributed by atoms with Gasteiger partial charge in [0.1, 0.15) is 0 Å². The Balaban J connectivity index is 7.92. The van der Waals surface area contributed by atoms with Crippen molar-refractivity contribution >= 4 is 0 Å². The van der Waals surface area contributed by atoms with Gasteiger partial charge in [-0.05, 0) is 0 Å². The molecule has 59 heavy (non-hydrogen) atoms. The highest BCUT2D eigenvalue weighted by Crippen LogP contribution is 2.71. The quantitative estimate of drug-likeness (QED) is 0.144. The van der Waals surface area contributed by atoms with Gasteiger partial charge in [-0.25, -0.2) is 0 Å². The van der Waals surface area contributed by atoms with Gasteiger partial charge in [0, 0.05) is 0 Å². The standard InChI is InChI=1S/C19HF39O/c20-1(21,2(22,23)4(26,27)6(30,31)8(34,35)10(38,39)12(42,43)14(46,47)16(50,51)18(54,55)56)3(24,25)5(28,29)7(32,33)9(36,37)11(40,41)13(44,45)15(48,49)17(52,53)19(57,58)59/h59H. The molecular weight excluding hydrogens is 985 g/mol. The normalized spacial score (nSPS) is 17.5. The monoisotopic (exact) mass is 986 g/mol. The molecular formula is C19HF39O. The van der Waals surface area contributed by atoms with E-state index < -0.39 is 113 Å². The molecule has 0 bridgehead atoms. The molecule has 0 unspecified atom stereocenters. The van der Waals surface area contributed by atoms with Crippen molar-refractivity contribution < 1.29 is 176 Å². The predicted octanol–water partition coefficient (Wildman–Crippen LogP) is 11.9. The van der Waals surface area contributed by atoms with Crippen LogP contribution in [0.3, 0.4) is 0 Å². The summed E-state index contributed by atoms with van der Waals surface area (Å²) in [4.78, 5) is 0. The number of hydrogen-bond acceptors (Lipinski definition) is 1. The second kappa shape index (κ2) is 13.1. The van der Waals surface area contributed by atoms with Crippen LogP contribution in [-0.4, -0.2) is 118 Å². The lowest BCUT2D eigenvalue weighted by Crippen LogP contribution is -2.80. The third kappa shape index (κ3) is 6.17. The maximum Gasteiger partial charge on any atom is 0.460 e. The van der Waals surface area contributed by atoms with Crippen molar-refractivity contribution in [1.29, 1.82) is 0 Å². The molecule has 0 aromatic heterocycles. The molecule has 0 heterocycles. The fraction of sp³-hybridized carbons (Fsp3) is 1.00. The van der Waals surface area contributed by atoms with Gasteiger partial charge in [-0.15, -0.1) is 0 Å². The van der Waals surface area contributed by atoms with Crippen LogP contribution in [0.1, 0.15) is 0 Å². The summed E-state index contributed by atoms with van der Waals surface area (Å²) in [7, 11) is 0. The maximum absolute atomic E-state index is 13.9. The molecule has 0 radical (unpaired) electrons. The van der Waals surface area contributed by atoms with E-state index in [9.17, 15) is 171 Å². The molecule has 40 heteroatoms. The van der Waals surface area contributed by atoms with Gasteiger partial charge in [-0.2, -0.15) is 171 Å². The van der Waals surface area contributed by atoms with E-state index in [-0.39, 0.29) is 0 Å². The summed E-state index contributed by atoms with van der Waals surface area (Å²) >= 11 is 0. The molecule has 356 valence electrons. The smallest absolute Gasteiger partial charge is 0.331 e. The Morgan fingerprint density at radius 1 is 0.136 bits per heavy atom. The van der Waals surface area contributed by atoms with Crippen molar-refractivity contribution in [3.63, 3.8) is 0 Å². The molecule has 0 aromatic rings. The molecule has 0 saturated heterocycles. The summed E-state index contributed by atoms with van der Waals surface area (Å²) in [6.07, 6.45) is -16.5. The lowest BCUT2D eigenvalue weighted by molar-refractivity contribution is -0.496. The van der Waals surface area contributed by atoms with Crippen LogP contribution in [-0.2, 0) is 0 Å². The molecule has 0 saturated carbocycles. The van der Waals surface area contributed by atoms with Crippen LogP contribution in [0.2, 0.25) is 0 Å². The van der Waals surface area contributed by atoms with Crippen molar-refractivity contribution in [2.24, 2.45) is 0 Å². The number of halogens is 39. The van der Waals surface area contributed by atoms with E-state index in [4.69, 9.17) is 5.11 Å². The van der Waals surface area contributed by atoms with E-state index in [2.05, 4.69) is 0 Å². The summed E-state index contributed by atoms with van der Waals surface area (Å²) in [5.74, 6) is -170. The molecule has 0 spiro atoms. The molecule has 0 rings (SSSR count). The van der Waals surface area contributed by atoms with Crippen LogP contribution in [0, 0.1) is 0 Å². The molecule has 0 amide bonds. The molecule has 0 fully saturated rings. The van der Waals surface area contributed by atoms with Crippen LogP contribution >= 0.6 is 0 Å². The van der Waals surface area contributed by atoms with Crippen LogP contribution in [0.4, 0.5) is 171 Å². The zero-order valence-corrected chi connectivity index (χ0v) is 24.7. The van der Waals surface area contributed by atoms with Crippen LogP contribution in [0.15, 0.2) is 0 Å². The number of rotatable bonds is 17. The van der Waals surface area contributed by atoms with Crippen molar-refractivity contribution in [1.82, 2.24) is 0 Å². The fourth-order valence-corrected chi connectivity index (χ4v) is 3.32. The summed E-state index contributed by atoms with van der Waals surface area (Å²) in [6, 6.07) is 0. The van der Waals surface area contributed by atoms with Gasteiger partial charge in [0.15, 0.2) is 0 Å². The van der Waals surface area contributed by atoms with Crippen LogP contribution in [0.25, 0.3) is 0 Å². The van der Waals surface area contributed by atoms with Gasteiger partial charge in [0.05, 0.1) is 0 Å². The van der Waals surface area contributed by atoms with Crippen LogP contribution < -0.4 is 0 Å². The first-order valence-electron chi connectivity index (χ1n) is 12.1. The number of alkyl halides is 39. The molecule has 0 aliphatic rings. The Kier molecular flexibility index (Phi) is 12.5. The predicted molar refractivity (Wildman–Crippen MR) is 97.3 cm³/mol. The summed E-state index contributed by atoms with van der Waals surface area (Å²) in [6.45, 7) is 0. The minimum Gasteiger partial charge on any atom is -0.331 e. The lowest BCUT2D eigenvalue weighted by atomic mass is 9.82. The Morgan fingerprint density at radius 3 is 0.305 bits per heavy atom. The van der Waals surface area contributed by atoms with Crippen LogP contribution in [0.5, 0.6) is 0 Å². The summed E-state index contributed by atoms with van der Waals surface area (Å²) < 4.78 is 521. The van der Waals surface area contributed by atoms with Crippen molar-refractivity contribution in [2.45, 2.75) is 113 Å². The van der Waals surface area contributed by atoms with Crippen molar-refractivity contribution in [3.05, 3.63) is 0 Å². The topological polar surface area (TPSA) is 20.2 Å². The Labute approximate surface area is 291 Å². The van der Waals surface area contributed by atoms with E-state index in [0.717, 1.165) is 0 Å². The molecule has 0 aromatic carbocycles. The minimum atomic E-state index is -10.5. The lowest BCUT2D eigenvalue weighted by Gasteiger charge is -2.47. The summed E-state index contributed by atoms with van der Waals surface area (Å²) in [5, 5.41) is 7.43. The fourth-order valence-electron chi connectivity index (χ4n) is 3.32. The Morgan fingerprint density at radius 2 is 0.220 bits per heavy atom. The van der Waals surface area contributed by atoms with Crippen molar-refractivity contribution in [2.75, 3.05) is 0 Å². The van der Waals surface area contributed by atoms with Gasteiger partial charge in [0.25, 0.3) is 0 Å². The molecule has 0 aliphatic heterocycles. The van der Waals surface area contributed by atoms with E-state index in [0.29, 0.717) is 0 Å². The van der Waals surface area contributed by atoms with E-state index in [1.807, 2.05) is 0 Å². The van der Waals surface area contributed by atoms with Gasteiger partial charge in [0.2, 0.25) is 0 Å². The van der Waals surface area contributed by atoms with Gasteiger partial charge in [-0.3, -0.25) is 0 Å². The van der Waals surface area contributed by atoms with Gasteiger partial charge >= 0.3 is 113 Å². The molecule has 1 N–H and O–H groups in total. The number of hydrogen-bond donors (Lipinski definition) is 1. The highest BCUT2D eigenvalue weighted by atomic mass is 19.4. The highest BCUT2D eigenvalue weighted by molar-refractivity contribution is 5.23. The van der Waals surface area contributed by atoms with Crippen molar-refractivity contribution in [3.8, 4) is 0 Å². The first kappa shape index (κ1) is 56.2. The first-order valence-corrected chi connectivity index (χ1v) is 12.1. The Hall–Kier alpha value is -2.77. The van der Waals surface area contributed by atoms with E-state index >= 15 is 0 Å². The minimum absolute atomic E-state index is 7.43. The largest absolute Gasteiger partial charge is 0.460 e. The van der Waals surface area contributed by atoms with Gasteiger partial charge in [-0.1, -0.05) is 0 Å². The number of aliphatic hydroxyl groups is 1. The Bertz CT molecular complexity index is 1420. The molecule has 0 aliphatic carbocycles. The van der Waals surface area contributed by atoms with E-state index in [1.165, 1.54) is 0 Å². The highest BCUT2D eigenvalue weighted by Gasteiger charge is 3.03. The zero-order chi connectivity index (χ0) is 49.5. The molecule has 1 nitrogen and oxygen atoms in total. The second-order valence-corrected chi connectivity index (χ2v) is 10.8. The average Bonchev–Trinajstić information content (AvgIpc) is 2.98. The summed E-state index contributed by atoms with van der Waals surface area (Å²) in [5.41, 5.74) is 0. The average molecular weight is 986 g/mol.